The second kappa shape index (κ2) is 4.83. The average molecular weight is 189 g/mol. The number of amides is 1. The van der Waals surface area contributed by atoms with Crippen molar-refractivity contribution in [2.24, 2.45) is 0 Å². The summed E-state index contributed by atoms with van der Waals surface area (Å²) in [4.78, 5) is 12.8. The van der Waals surface area contributed by atoms with Crippen molar-refractivity contribution in [3.05, 3.63) is 23.9 Å². The van der Waals surface area contributed by atoms with Crippen LogP contribution in [0.2, 0.25) is 0 Å². The molecule has 1 heterocycles. The molecule has 3 nitrogen and oxygen atoms in total. The third kappa shape index (κ3) is 2.58. The lowest BCUT2D eigenvalue weighted by Gasteiger charge is -2.13. The number of rotatable bonds is 1. The molecule has 12 heavy (non-hydrogen) atoms. The van der Waals surface area contributed by atoms with Crippen molar-refractivity contribution in [2.45, 2.75) is 0 Å². The number of carbonyl (C=O) groups excluding carboxylic acids is 1. The van der Waals surface area contributed by atoms with Crippen LogP contribution in [-0.2, 0) is 4.79 Å². The Labute approximate surface area is 78.5 Å². The standard InChI is InChI=1S/C8H12N2O.ClH/c1-10(2)8(11)7-4-3-5-9-6-7;/h3-4,6,9H,5H2,1-2H3;1H. The van der Waals surface area contributed by atoms with Crippen LogP contribution in [0.4, 0.5) is 0 Å². The molecule has 0 spiro atoms. The van der Waals surface area contributed by atoms with E-state index in [1.165, 1.54) is 0 Å². The van der Waals surface area contributed by atoms with E-state index >= 15 is 0 Å². The van der Waals surface area contributed by atoms with Gasteiger partial charge in [0.2, 0.25) is 0 Å². The predicted molar refractivity (Wildman–Crippen MR) is 51.2 cm³/mol. The summed E-state index contributed by atoms with van der Waals surface area (Å²) in [6.45, 7) is 0.810. The molecule has 0 fully saturated rings. The Morgan fingerprint density at radius 3 is 2.67 bits per heavy atom. The number of halogens is 1. The zero-order valence-corrected chi connectivity index (χ0v) is 8.02. The van der Waals surface area contributed by atoms with Crippen molar-refractivity contribution in [1.82, 2.24) is 10.2 Å². The molecule has 0 saturated carbocycles. The molecule has 1 aliphatic rings. The van der Waals surface area contributed by atoms with Gasteiger partial charge >= 0.3 is 0 Å². The van der Waals surface area contributed by atoms with E-state index in [1.807, 2.05) is 12.2 Å². The van der Waals surface area contributed by atoms with Gasteiger partial charge in [0, 0.05) is 26.8 Å². The molecule has 0 aliphatic carbocycles. The fraction of sp³-hybridized carbons (Fsp3) is 0.375. The molecule has 0 unspecified atom stereocenters. The molecule has 68 valence electrons. The molecule has 0 atom stereocenters. The van der Waals surface area contributed by atoms with Gasteiger partial charge in [-0.3, -0.25) is 4.79 Å². The number of hydrogen-bond donors (Lipinski definition) is 1. The van der Waals surface area contributed by atoms with Gasteiger partial charge in [-0.1, -0.05) is 12.2 Å². The van der Waals surface area contributed by atoms with E-state index < -0.39 is 0 Å². The molecule has 1 amide bonds. The fourth-order valence-corrected chi connectivity index (χ4v) is 0.862. The van der Waals surface area contributed by atoms with Crippen molar-refractivity contribution in [3.63, 3.8) is 0 Å². The van der Waals surface area contributed by atoms with Gasteiger partial charge in [-0.2, -0.15) is 0 Å². The third-order valence-electron chi connectivity index (χ3n) is 1.44. The van der Waals surface area contributed by atoms with Crippen LogP contribution in [0.3, 0.4) is 0 Å². The smallest absolute Gasteiger partial charge is 0.254 e. The van der Waals surface area contributed by atoms with Crippen LogP contribution in [0, 0.1) is 0 Å². The van der Waals surface area contributed by atoms with E-state index in [-0.39, 0.29) is 18.3 Å². The first-order valence-corrected chi connectivity index (χ1v) is 3.53. The van der Waals surface area contributed by atoms with Crippen molar-refractivity contribution in [1.29, 1.82) is 0 Å². The molecular weight excluding hydrogens is 176 g/mol. The maximum Gasteiger partial charge on any atom is 0.254 e. The molecule has 0 saturated heterocycles. The van der Waals surface area contributed by atoms with Crippen LogP contribution in [0.1, 0.15) is 0 Å². The lowest BCUT2D eigenvalue weighted by atomic mass is 10.2. The molecule has 0 aromatic carbocycles. The van der Waals surface area contributed by atoms with Gasteiger partial charge in [-0.25, -0.2) is 0 Å². The molecular formula is C8H13ClN2O. The molecule has 1 N–H and O–H groups in total. The molecule has 0 radical (unpaired) electrons. The van der Waals surface area contributed by atoms with E-state index in [9.17, 15) is 4.79 Å². The van der Waals surface area contributed by atoms with Gasteiger partial charge in [-0.15, -0.1) is 12.4 Å². The third-order valence-corrected chi connectivity index (χ3v) is 1.44. The minimum Gasteiger partial charge on any atom is -0.387 e. The first-order valence-electron chi connectivity index (χ1n) is 3.53. The Hall–Kier alpha value is -0.960. The Morgan fingerprint density at radius 2 is 2.25 bits per heavy atom. The van der Waals surface area contributed by atoms with Crippen molar-refractivity contribution in [2.75, 3.05) is 20.6 Å². The summed E-state index contributed by atoms with van der Waals surface area (Å²) in [5, 5.41) is 2.97. The monoisotopic (exact) mass is 188 g/mol. The average Bonchev–Trinajstić information content (AvgIpc) is 2.05. The number of hydrogen-bond acceptors (Lipinski definition) is 2. The summed E-state index contributed by atoms with van der Waals surface area (Å²) in [6, 6.07) is 0. The summed E-state index contributed by atoms with van der Waals surface area (Å²) < 4.78 is 0. The Kier molecular flexibility index (Phi) is 4.44. The van der Waals surface area contributed by atoms with E-state index in [0.717, 1.165) is 6.54 Å². The first-order chi connectivity index (χ1) is 5.22. The highest BCUT2D eigenvalue weighted by atomic mass is 35.5. The van der Waals surface area contributed by atoms with Crippen molar-refractivity contribution < 1.29 is 4.79 Å². The van der Waals surface area contributed by atoms with E-state index in [2.05, 4.69) is 5.32 Å². The maximum atomic E-state index is 11.3. The highest BCUT2D eigenvalue weighted by Gasteiger charge is 2.09. The Bertz CT molecular complexity index is 221. The van der Waals surface area contributed by atoms with E-state index in [1.54, 1.807) is 25.2 Å². The summed E-state index contributed by atoms with van der Waals surface area (Å²) in [5.41, 5.74) is 0.709. The van der Waals surface area contributed by atoms with Crippen LogP contribution in [-0.4, -0.2) is 31.4 Å². The topological polar surface area (TPSA) is 32.3 Å². The van der Waals surface area contributed by atoms with E-state index in [4.69, 9.17) is 0 Å². The Morgan fingerprint density at radius 1 is 1.58 bits per heavy atom. The van der Waals surface area contributed by atoms with Crippen LogP contribution < -0.4 is 5.32 Å². The quantitative estimate of drug-likeness (QED) is 0.652. The molecule has 0 aromatic rings. The highest BCUT2D eigenvalue weighted by molar-refractivity contribution is 5.95. The number of dihydropyridines is 1. The molecule has 4 heteroatoms. The molecule has 1 aliphatic heterocycles. The summed E-state index contributed by atoms with van der Waals surface area (Å²) >= 11 is 0. The van der Waals surface area contributed by atoms with Crippen LogP contribution >= 0.6 is 12.4 Å². The number of nitrogens with one attached hydrogen (secondary N) is 1. The number of carbonyl (C=O) groups is 1. The minimum atomic E-state index is 0. The molecule has 0 bridgehead atoms. The van der Waals surface area contributed by atoms with Gasteiger partial charge in [0.25, 0.3) is 5.91 Å². The van der Waals surface area contributed by atoms with Crippen LogP contribution in [0.15, 0.2) is 23.9 Å². The second-order valence-corrected chi connectivity index (χ2v) is 2.61. The summed E-state index contributed by atoms with van der Waals surface area (Å²) in [6.07, 6.45) is 5.50. The van der Waals surface area contributed by atoms with Crippen LogP contribution in [0.5, 0.6) is 0 Å². The molecule has 0 aromatic heterocycles. The van der Waals surface area contributed by atoms with Crippen molar-refractivity contribution >= 4 is 18.3 Å². The van der Waals surface area contributed by atoms with Gasteiger partial charge in [0.05, 0.1) is 5.57 Å². The van der Waals surface area contributed by atoms with Gasteiger partial charge in [0.1, 0.15) is 0 Å². The van der Waals surface area contributed by atoms with Crippen molar-refractivity contribution in [3.8, 4) is 0 Å². The fourth-order valence-electron chi connectivity index (χ4n) is 0.862. The van der Waals surface area contributed by atoms with Gasteiger partial charge in [-0.05, 0) is 0 Å². The zero-order chi connectivity index (χ0) is 8.27. The van der Waals surface area contributed by atoms with Gasteiger partial charge in [0.15, 0.2) is 0 Å². The largest absolute Gasteiger partial charge is 0.387 e. The lowest BCUT2D eigenvalue weighted by molar-refractivity contribution is -0.124. The lowest BCUT2D eigenvalue weighted by Crippen LogP contribution is -2.25. The maximum absolute atomic E-state index is 11.3. The van der Waals surface area contributed by atoms with E-state index in [0.29, 0.717) is 5.57 Å². The zero-order valence-electron chi connectivity index (χ0n) is 7.20. The van der Waals surface area contributed by atoms with Crippen LogP contribution in [0.25, 0.3) is 0 Å². The minimum absolute atomic E-state index is 0. The number of likely N-dealkylation sites (N-methyl/N-ethyl adjacent to an activating group) is 1. The summed E-state index contributed by atoms with van der Waals surface area (Å²) in [5.74, 6) is 0.0356. The Balaban J connectivity index is 0.00000121. The summed E-state index contributed by atoms with van der Waals surface area (Å²) in [7, 11) is 3.48. The van der Waals surface area contributed by atoms with Gasteiger partial charge < -0.3 is 10.2 Å². The predicted octanol–water partition coefficient (Wildman–Crippen LogP) is 0.540. The second-order valence-electron chi connectivity index (χ2n) is 2.61. The highest BCUT2D eigenvalue weighted by Crippen LogP contribution is 2.02. The number of nitrogens with zero attached hydrogens (tertiary/aromatic N) is 1. The SMILES string of the molecule is CN(C)C(=O)C1=CNCC=C1.Cl. The first kappa shape index (κ1) is 11.0. The molecule has 1 rings (SSSR count). The normalized spacial score (nSPS) is 14.0.